The van der Waals surface area contributed by atoms with Gasteiger partial charge in [0.15, 0.2) is 0 Å². The summed E-state index contributed by atoms with van der Waals surface area (Å²) in [6.07, 6.45) is 1.83. The molecule has 0 radical (unpaired) electrons. The minimum atomic E-state index is -1.10. The fourth-order valence-corrected chi connectivity index (χ4v) is 2.60. The van der Waals surface area contributed by atoms with Crippen LogP contribution in [-0.4, -0.2) is 52.9 Å². The van der Waals surface area contributed by atoms with Gasteiger partial charge in [-0.25, -0.2) is 19.6 Å². The number of benzene rings is 1. The van der Waals surface area contributed by atoms with Crippen LogP contribution in [0, 0.1) is 0 Å². The molecule has 0 bridgehead atoms. The highest BCUT2D eigenvalue weighted by Gasteiger charge is 2.18. The number of nitrogens with one attached hydrogen (secondary N) is 1. The maximum absolute atomic E-state index is 11.8. The maximum atomic E-state index is 11.8. The number of ether oxygens (including phenoxy) is 1. The molecule has 2 rings (SSSR count). The van der Waals surface area contributed by atoms with Crippen LogP contribution in [0.2, 0.25) is 0 Å². The summed E-state index contributed by atoms with van der Waals surface area (Å²) in [5, 5.41) is 12.0. The standard InChI is InChI=1S/C21H28N4O4/c1-21(2,3)29-20(28)22-12-10-17-16(18(26)27)14-23-19(24-17)25(4)13-11-15-8-6-5-7-9-15/h5-9,14H,10-13H2,1-4H3,(H,22,28)(H,26,27). The summed E-state index contributed by atoms with van der Waals surface area (Å²) >= 11 is 0. The van der Waals surface area contributed by atoms with E-state index >= 15 is 0 Å². The third-order valence-corrected chi connectivity index (χ3v) is 4.04. The molecule has 0 spiro atoms. The fourth-order valence-electron chi connectivity index (χ4n) is 2.60. The van der Waals surface area contributed by atoms with Crippen LogP contribution in [0.25, 0.3) is 0 Å². The number of aromatic nitrogens is 2. The predicted molar refractivity (Wildman–Crippen MR) is 110 cm³/mol. The Kier molecular flexibility index (Phi) is 7.52. The van der Waals surface area contributed by atoms with Gasteiger partial charge in [0.1, 0.15) is 5.60 Å². The summed E-state index contributed by atoms with van der Waals surface area (Å²) in [5.41, 5.74) is 0.990. The number of rotatable bonds is 8. The van der Waals surface area contributed by atoms with Crippen LogP contribution in [0.3, 0.4) is 0 Å². The van der Waals surface area contributed by atoms with Crippen molar-refractivity contribution in [2.45, 2.75) is 39.2 Å². The monoisotopic (exact) mass is 400 g/mol. The number of alkyl carbamates (subject to hydrolysis) is 1. The van der Waals surface area contributed by atoms with Gasteiger partial charge in [-0.3, -0.25) is 0 Å². The Labute approximate surface area is 170 Å². The molecule has 0 aliphatic rings. The SMILES string of the molecule is CN(CCc1ccccc1)c1ncc(C(=O)O)c(CCNC(=O)OC(C)(C)C)n1. The minimum absolute atomic E-state index is 0.0243. The fraction of sp³-hybridized carbons (Fsp3) is 0.429. The second-order valence-corrected chi connectivity index (χ2v) is 7.67. The first-order chi connectivity index (χ1) is 13.7. The number of aromatic carboxylic acids is 1. The van der Waals surface area contributed by atoms with Crippen molar-refractivity contribution in [2.75, 3.05) is 25.0 Å². The quantitative estimate of drug-likeness (QED) is 0.702. The van der Waals surface area contributed by atoms with Gasteiger partial charge in [-0.1, -0.05) is 30.3 Å². The van der Waals surface area contributed by atoms with Gasteiger partial charge in [0.05, 0.1) is 11.3 Å². The van der Waals surface area contributed by atoms with Gasteiger partial charge in [0.25, 0.3) is 0 Å². The molecule has 0 saturated heterocycles. The average Bonchev–Trinajstić information content (AvgIpc) is 2.65. The van der Waals surface area contributed by atoms with Crippen LogP contribution in [0.4, 0.5) is 10.7 Å². The number of nitrogens with zero attached hydrogens (tertiary/aromatic N) is 3. The van der Waals surface area contributed by atoms with E-state index in [2.05, 4.69) is 27.4 Å². The molecule has 0 atom stereocenters. The lowest BCUT2D eigenvalue weighted by atomic mass is 10.1. The molecule has 1 heterocycles. The van der Waals surface area contributed by atoms with Gasteiger partial charge in [0, 0.05) is 32.8 Å². The van der Waals surface area contributed by atoms with Crippen LogP contribution < -0.4 is 10.2 Å². The molecule has 1 amide bonds. The highest BCUT2D eigenvalue weighted by Crippen LogP contribution is 2.13. The lowest BCUT2D eigenvalue weighted by molar-refractivity contribution is 0.0528. The number of hydrogen-bond donors (Lipinski definition) is 2. The summed E-state index contributed by atoms with van der Waals surface area (Å²) in [4.78, 5) is 33.7. The second-order valence-electron chi connectivity index (χ2n) is 7.67. The van der Waals surface area contributed by atoms with Crippen molar-refractivity contribution in [3.05, 3.63) is 53.3 Å². The topological polar surface area (TPSA) is 105 Å². The van der Waals surface area contributed by atoms with Crippen LogP contribution in [0.15, 0.2) is 36.5 Å². The summed E-state index contributed by atoms with van der Waals surface area (Å²) in [5.74, 6) is -0.658. The van der Waals surface area contributed by atoms with Crippen LogP contribution >= 0.6 is 0 Å². The van der Waals surface area contributed by atoms with Crippen LogP contribution in [0.5, 0.6) is 0 Å². The summed E-state index contributed by atoms with van der Waals surface area (Å²) in [6.45, 7) is 6.22. The van der Waals surface area contributed by atoms with E-state index in [0.29, 0.717) is 18.2 Å². The molecule has 0 unspecified atom stereocenters. The molecule has 8 heteroatoms. The zero-order valence-corrected chi connectivity index (χ0v) is 17.3. The highest BCUT2D eigenvalue weighted by atomic mass is 16.6. The molecule has 0 fully saturated rings. The van der Waals surface area contributed by atoms with E-state index in [4.69, 9.17) is 4.74 Å². The molecule has 2 N–H and O–H groups in total. The molecule has 0 aliphatic carbocycles. The molecular formula is C21H28N4O4. The largest absolute Gasteiger partial charge is 0.478 e. The van der Waals surface area contributed by atoms with Crippen molar-refractivity contribution in [1.82, 2.24) is 15.3 Å². The summed E-state index contributed by atoms with van der Waals surface area (Å²) in [6, 6.07) is 10.1. The van der Waals surface area contributed by atoms with Crippen molar-refractivity contribution >= 4 is 18.0 Å². The first-order valence-electron chi connectivity index (χ1n) is 9.47. The molecule has 29 heavy (non-hydrogen) atoms. The zero-order chi connectivity index (χ0) is 21.4. The Morgan fingerprint density at radius 2 is 1.86 bits per heavy atom. The number of anilines is 1. The average molecular weight is 400 g/mol. The zero-order valence-electron chi connectivity index (χ0n) is 17.3. The molecule has 0 saturated carbocycles. The third-order valence-electron chi connectivity index (χ3n) is 4.04. The van der Waals surface area contributed by atoms with E-state index in [-0.39, 0.29) is 18.5 Å². The van der Waals surface area contributed by atoms with Gasteiger partial charge in [-0.15, -0.1) is 0 Å². The Morgan fingerprint density at radius 1 is 1.17 bits per heavy atom. The van der Waals surface area contributed by atoms with E-state index in [1.165, 1.54) is 11.8 Å². The number of amides is 1. The van der Waals surface area contributed by atoms with Gasteiger partial charge in [0.2, 0.25) is 5.95 Å². The summed E-state index contributed by atoms with van der Waals surface area (Å²) < 4.78 is 5.18. The van der Waals surface area contributed by atoms with E-state index in [0.717, 1.165) is 6.42 Å². The van der Waals surface area contributed by atoms with E-state index < -0.39 is 17.7 Å². The molecule has 2 aromatic rings. The molecule has 1 aromatic carbocycles. The molecule has 0 aliphatic heterocycles. The van der Waals surface area contributed by atoms with Crippen LogP contribution in [-0.2, 0) is 17.6 Å². The first kappa shape index (κ1) is 22.1. The molecule has 1 aromatic heterocycles. The first-order valence-corrected chi connectivity index (χ1v) is 9.47. The molecular weight excluding hydrogens is 372 g/mol. The smallest absolute Gasteiger partial charge is 0.407 e. The van der Waals surface area contributed by atoms with E-state index in [1.807, 2.05) is 30.1 Å². The number of carbonyl (C=O) groups excluding carboxylic acids is 1. The predicted octanol–water partition coefficient (Wildman–Crippen LogP) is 2.92. The van der Waals surface area contributed by atoms with Gasteiger partial charge in [-0.2, -0.15) is 0 Å². The second kappa shape index (κ2) is 9.86. The van der Waals surface area contributed by atoms with Crippen molar-refractivity contribution < 1.29 is 19.4 Å². The van der Waals surface area contributed by atoms with Crippen molar-refractivity contribution in [3.8, 4) is 0 Å². The Morgan fingerprint density at radius 3 is 2.48 bits per heavy atom. The number of carbonyl (C=O) groups is 2. The van der Waals surface area contributed by atoms with Gasteiger partial charge >= 0.3 is 12.1 Å². The molecule has 156 valence electrons. The number of carboxylic acids is 1. The maximum Gasteiger partial charge on any atom is 0.407 e. The molecule has 8 nitrogen and oxygen atoms in total. The number of likely N-dealkylation sites (N-methyl/N-ethyl adjacent to an activating group) is 1. The van der Waals surface area contributed by atoms with Gasteiger partial charge < -0.3 is 20.1 Å². The van der Waals surface area contributed by atoms with E-state index in [9.17, 15) is 14.7 Å². The third kappa shape index (κ3) is 7.40. The normalized spacial score (nSPS) is 11.0. The van der Waals surface area contributed by atoms with Gasteiger partial charge in [-0.05, 0) is 32.8 Å². The lowest BCUT2D eigenvalue weighted by Crippen LogP contribution is -2.34. The van der Waals surface area contributed by atoms with Crippen LogP contribution in [0.1, 0.15) is 42.4 Å². The Hall–Kier alpha value is -3.16. The van der Waals surface area contributed by atoms with Crippen molar-refractivity contribution in [3.63, 3.8) is 0 Å². The van der Waals surface area contributed by atoms with Crippen molar-refractivity contribution in [2.24, 2.45) is 0 Å². The minimum Gasteiger partial charge on any atom is -0.478 e. The van der Waals surface area contributed by atoms with Crippen molar-refractivity contribution in [1.29, 1.82) is 0 Å². The number of carboxylic acid groups (broad SMARTS) is 1. The summed E-state index contributed by atoms with van der Waals surface area (Å²) in [7, 11) is 1.86. The van der Waals surface area contributed by atoms with E-state index in [1.54, 1.807) is 20.8 Å². The lowest BCUT2D eigenvalue weighted by Gasteiger charge is -2.20. The highest BCUT2D eigenvalue weighted by molar-refractivity contribution is 5.88. The Balaban J connectivity index is 2.02. The number of hydrogen-bond acceptors (Lipinski definition) is 6. The Bertz CT molecular complexity index is 834.